The van der Waals surface area contributed by atoms with Crippen molar-refractivity contribution >= 4 is 18.3 Å². The van der Waals surface area contributed by atoms with Gasteiger partial charge in [-0.15, -0.1) is 12.6 Å². The Morgan fingerprint density at radius 1 is 1.44 bits per heavy atom. The molecule has 1 aromatic rings. The Balaban J connectivity index is 3.70. The van der Waals surface area contributed by atoms with Crippen LogP contribution in [-0.2, 0) is 6.18 Å². The topological polar surface area (TPSA) is 66.9 Å². The molecule has 0 amide bonds. The molecule has 16 heavy (non-hydrogen) atoms. The van der Waals surface area contributed by atoms with Gasteiger partial charge in [-0.2, -0.15) is 18.4 Å². The van der Waals surface area contributed by atoms with Crippen molar-refractivity contribution < 1.29 is 18.1 Å². The highest BCUT2D eigenvalue weighted by atomic mass is 32.1. The van der Waals surface area contributed by atoms with E-state index in [-0.39, 0.29) is 0 Å². The Labute approximate surface area is 92.9 Å². The predicted molar refractivity (Wildman–Crippen MR) is 50.1 cm³/mol. The van der Waals surface area contributed by atoms with Crippen molar-refractivity contribution in [1.82, 2.24) is 0 Å². The van der Waals surface area contributed by atoms with Gasteiger partial charge in [-0.05, 0) is 12.1 Å². The molecule has 0 saturated carbocycles. The zero-order valence-corrected chi connectivity index (χ0v) is 8.34. The average molecular weight is 248 g/mol. The summed E-state index contributed by atoms with van der Waals surface area (Å²) < 4.78 is 37.6. The third-order valence-electron chi connectivity index (χ3n) is 1.74. The molecular formula is C8H3F3N2O2S. The van der Waals surface area contributed by atoms with Crippen LogP contribution in [-0.4, -0.2) is 4.92 Å². The maximum absolute atomic E-state index is 12.5. The molecular weight excluding hydrogens is 245 g/mol. The van der Waals surface area contributed by atoms with Crippen molar-refractivity contribution in [3.05, 3.63) is 33.4 Å². The minimum Gasteiger partial charge on any atom is -0.258 e. The molecule has 0 N–H and O–H groups in total. The largest absolute Gasteiger partial charge is 0.424 e. The molecule has 0 bridgehead atoms. The number of hydrogen-bond acceptors (Lipinski definition) is 4. The summed E-state index contributed by atoms with van der Waals surface area (Å²) in [6.07, 6.45) is -4.92. The summed E-state index contributed by atoms with van der Waals surface area (Å²) >= 11 is 3.51. The van der Waals surface area contributed by atoms with E-state index in [0.717, 1.165) is 12.1 Å². The Kier molecular flexibility index (Phi) is 3.09. The van der Waals surface area contributed by atoms with Crippen LogP contribution in [0.2, 0.25) is 0 Å². The number of nitrogens with zero attached hydrogens (tertiary/aromatic N) is 2. The first kappa shape index (κ1) is 12.3. The zero-order valence-electron chi connectivity index (χ0n) is 7.45. The molecule has 84 valence electrons. The van der Waals surface area contributed by atoms with E-state index in [0.29, 0.717) is 0 Å². The standard InChI is InChI=1S/C8H3F3N2O2S/c9-8(10,11)6-5(16)2-1-4(3-12)7(6)13(14)15/h1-2,16H. The van der Waals surface area contributed by atoms with Crippen molar-refractivity contribution in [1.29, 1.82) is 5.26 Å². The fraction of sp³-hybridized carbons (Fsp3) is 0.125. The van der Waals surface area contributed by atoms with Crippen molar-refractivity contribution in [2.75, 3.05) is 0 Å². The Morgan fingerprint density at radius 2 is 2.00 bits per heavy atom. The van der Waals surface area contributed by atoms with E-state index in [1.165, 1.54) is 6.07 Å². The SMILES string of the molecule is N#Cc1ccc(S)c(C(F)(F)F)c1[N+](=O)[O-]. The van der Waals surface area contributed by atoms with Crippen LogP contribution >= 0.6 is 12.6 Å². The Hall–Kier alpha value is -1.75. The van der Waals surface area contributed by atoms with E-state index in [4.69, 9.17) is 5.26 Å². The van der Waals surface area contributed by atoms with Gasteiger partial charge in [-0.3, -0.25) is 10.1 Å². The molecule has 0 aromatic heterocycles. The minimum absolute atomic E-state index is 0.585. The molecule has 0 saturated heterocycles. The zero-order chi connectivity index (χ0) is 12.5. The number of benzene rings is 1. The first-order valence-corrected chi connectivity index (χ1v) is 4.21. The lowest BCUT2D eigenvalue weighted by atomic mass is 10.1. The van der Waals surface area contributed by atoms with Crippen LogP contribution in [0.3, 0.4) is 0 Å². The van der Waals surface area contributed by atoms with Gasteiger partial charge in [0, 0.05) is 4.90 Å². The van der Waals surface area contributed by atoms with Crippen molar-refractivity contribution in [2.45, 2.75) is 11.1 Å². The van der Waals surface area contributed by atoms with E-state index in [1.807, 2.05) is 0 Å². The molecule has 0 atom stereocenters. The fourth-order valence-electron chi connectivity index (χ4n) is 1.14. The van der Waals surface area contributed by atoms with Crippen molar-refractivity contribution in [2.24, 2.45) is 0 Å². The van der Waals surface area contributed by atoms with E-state index < -0.39 is 32.8 Å². The molecule has 0 aliphatic rings. The third kappa shape index (κ3) is 2.09. The molecule has 1 rings (SSSR count). The minimum atomic E-state index is -4.92. The molecule has 0 aliphatic carbocycles. The van der Waals surface area contributed by atoms with Gasteiger partial charge in [-0.1, -0.05) is 0 Å². The highest BCUT2D eigenvalue weighted by Gasteiger charge is 2.42. The molecule has 0 spiro atoms. The van der Waals surface area contributed by atoms with Gasteiger partial charge in [-0.25, -0.2) is 0 Å². The van der Waals surface area contributed by atoms with Crippen molar-refractivity contribution in [3.8, 4) is 6.07 Å². The van der Waals surface area contributed by atoms with Crippen LogP contribution in [0.5, 0.6) is 0 Å². The van der Waals surface area contributed by atoms with Crippen LogP contribution in [0.25, 0.3) is 0 Å². The first-order valence-electron chi connectivity index (χ1n) is 3.76. The van der Waals surface area contributed by atoms with Crippen LogP contribution in [0.15, 0.2) is 17.0 Å². The number of nitro benzene ring substituents is 1. The van der Waals surface area contributed by atoms with E-state index in [2.05, 4.69) is 12.6 Å². The summed E-state index contributed by atoms with van der Waals surface area (Å²) in [6.45, 7) is 0. The molecule has 1 aromatic carbocycles. The second-order valence-electron chi connectivity index (χ2n) is 2.72. The number of alkyl halides is 3. The Morgan fingerprint density at radius 3 is 2.38 bits per heavy atom. The van der Waals surface area contributed by atoms with Crippen LogP contribution in [0.1, 0.15) is 11.1 Å². The molecule has 0 heterocycles. The van der Waals surface area contributed by atoms with Gasteiger partial charge >= 0.3 is 6.18 Å². The summed E-state index contributed by atoms with van der Waals surface area (Å²) in [5.74, 6) is 0. The average Bonchev–Trinajstić information content (AvgIpc) is 2.15. The summed E-state index contributed by atoms with van der Waals surface area (Å²) in [6, 6.07) is 3.17. The lowest BCUT2D eigenvalue weighted by molar-refractivity contribution is -0.388. The smallest absolute Gasteiger partial charge is 0.258 e. The summed E-state index contributed by atoms with van der Waals surface area (Å²) in [7, 11) is 0. The van der Waals surface area contributed by atoms with Crippen molar-refractivity contribution in [3.63, 3.8) is 0 Å². The monoisotopic (exact) mass is 248 g/mol. The van der Waals surface area contributed by atoms with Crippen LogP contribution in [0.4, 0.5) is 18.9 Å². The van der Waals surface area contributed by atoms with Gasteiger partial charge in [0.1, 0.15) is 17.2 Å². The van der Waals surface area contributed by atoms with Gasteiger partial charge in [0.15, 0.2) is 0 Å². The molecule has 4 nitrogen and oxygen atoms in total. The maximum atomic E-state index is 12.5. The molecule has 8 heteroatoms. The normalized spacial score (nSPS) is 10.9. The number of nitriles is 1. The van der Waals surface area contributed by atoms with Gasteiger partial charge in [0.2, 0.25) is 0 Å². The highest BCUT2D eigenvalue weighted by molar-refractivity contribution is 7.80. The number of rotatable bonds is 1. The van der Waals surface area contributed by atoms with Gasteiger partial charge in [0.05, 0.1) is 4.92 Å². The van der Waals surface area contributed by atoms with Gasteiger partial charge < -0.3 is 0 Å². The van der Waals surface area contributed by atoms with Crippen LogP contribution in [0, 0.1) is 21.4 Å². The highest BCUT2D eigenvalue weighted by Crippen LogP contribution is 2.41. The maximum Gasteiger partial charge on any atom is 0.424 e. The number of halogens is 3. The third-order valence-corrected chi connectivity index (χ3v) is 2.12. The summed E-state index contributed by atoms with van der Waals surface area (Å²) in [4.78, 5) is 8.70. The molecule has 0 fully saturated rings. The molecule has 0 unspecified atom stereocenters. The Bertz CT molecular complexity index is 493. The lowest BCUT2D eigenvalue weighted by Gasteiger charge is -2.10. The number of nitro groups is 1. The van der Waals surface area contributed by atoms with E-state index in [9.17, 15) is 23.3 Å². The summed E-state index contributed by atoms with van der Waals surface area (Å²) in [5.41, 5.74) is -3.41. The second-order valence-corrected chi connectivity index (χ2v) is 3.20. The number of thiol groups is 1. The predicted octanol–water partition coefficient (Wildman–Crippen LogP) is 2.77. The lowest BCUT2D eigenvalue weighted by Crippen LogP contribution is -2.11. The van der Waals surface area contributed by atoms with E-state index in [1.54, 1.807) is 0 Å². The second kappa shape index (κ2) is 4.02. The van der Waals surface area contributed by atoms with Gasteiger partial charge in [0.25, 0.3) is 5.69 Å². The van der Waals surface area contributed by atoms with E-state index >= 15 is 0 Å². The first-order chi connectivity index (χ1) is 7.29. The van der Waals surface area contributed by atoms with Crippen LogP contribution < -0.4 is 0 Å². The number of hydrogen-bond donors (Lipinski definition) is 1. The summed E-state index contributed by atoms with van der Waals surface area (Å²) in [5, 5.41) is 19.0. The molecule has 0 aliphatic heterocycles. The quantitative estimate of drug-likeness (QED) is 0.472. The fourth-order valence-corrected chi connectivity index (χ4v) is 1.45. The molecule has 0 radical (unpaired) electrons.